The molecule has 2 heterocycles. The topological polar surface area (TPSA) is 9.86 Å². The standard InChI is InChI=1S/C65H44N2/c1-65(2)58-28-12-9-21-48(58)49-34-31-43(39-59(49)65)64-52-26-15-24-46(41-32-35-62-56(37-41)50-22-10-13-29-60(50)66(62)44-17-5-3-6-18-44)54(52)40-55-47(25-16-27-53(55)64)42-33-36-63-57(38-42)51-23-11-14-30-61(51)67(63)45-19-7-4-8-20-45/h3-40H,1-2H3. The van der Waals surface area contributed by atoms with Gasteiger partial charge >= 0.3 is 0 Å². The van der Waals surface area contributed by atoms with Crippen molar-refractivity contribution in [3.63, 3.8) is 0 Å². The molecule has 11 aromatic carbocycles. The predicted octanol–water partition coefficient (Wildman–Crippen LogP) is 17.5. The van der Waals surface area contributed by atoms with Crippen LogP contribution in [0.15, 0.2) is 231 Å². The summed E-state index contributed by atoms with van der Waals surface area (Å²) in [6.07, 6.45) is 0. The smallest absolute Gasteiger partial charge is 0.0541 e. The summed E-state index contributed by atoms with van der Waals surface area (Å²) >= 11 is 0. The molecule has 0 fully saturated rings. The van der Waals surface area contributed by atoms with Gasteiger partial charge < -0.3 is 9.13 Å². The molecule has 2 heteroatoms. The molecule has 0 amide bonds. The van der Waals surface area contributed by atoms with Crippen LogP contribution in [0.5, 0.6) is 0 Å². The molecule has 0 aliphatic heterocycles. The minimum atomic E-state index is -0.124. The van der Waals surface area contributed by atoms with Crippen LogP contribution in [0, 0.1) is 0 Å². The summed E-state index contributed by atoms with van der Waals surface area (Å²) in [6.45, 7) is 4.77. The number of hydrogen-bond acceptors (Lipinski definition) is 0. The molecule has 2 nitrogen and oxygen atoms in total. The lowest BCUT2D eigenvalue weighted by Crippen LogP contribution is -2.14. The Labute approximate surface area is 389 Å². The maximum Gasteiger partial charge on any atom is 0.0541 e. The van der Waals surface area contributed by atoms with Gasteiger partial charge in [0.05, 0.1) is 22.1 Å². The SMILES string of the molecule is CC1(C)c2ccccc2-c2ccc(-c3c4cccc(-c5ccc6c(c5)c5ccccc5n6-c5ccccc5)c4cc4c(-c5ccc6c(c5)c5ccccc5n6-c5ccccc5)cccc34)cc21. The van der Waals surface area contributed by atoms with Crippen LogP contribution in [0.1, 0.15) is 25.0 Å². The van der Waals surface area contributed by atoms with Gasteiger partial charge in [0.1, 0.15) is 0 Å². The Bertz CT molecular complexity index is 3950. The first-order valence-electron chi connectivity index (χ1n) is 23.4. The van der Waals surface area contributed by atoms with Crippen LogP contribution < -0.4 is 0 Å². The number of fused-ring (bicyclic) bond motifs is 11. The quantitative estimate of drug-likeness (QED) is 0.153. The lowest BCUT2D eigenvalue weighted by Gasteiger charge is -2.23. The van der Waals surface area contributed by atoms with Crippen LogP contribution in [0.4, 0.5) is 0 Å². The van der Waals surface area contributed by atoms with E-state index < -0.39 is 0 Å². The first-order chi connectivity index (χ1) is 33.0. The Morgan fingerprint density at radius 3 is 1.27 bits per heavy atom. The molecular formula is C65H44N2. The summed E-state index contributed by atoms with van der Waals surface area (Å²) < 4.78 is 4.80. The van der Waals surface area contributed by atoms with E-state index in [1.54, 1.807) is 0 Å². The molecule has 1 aliphatic carbocycles. The Kier molecular flexibility index (Phi) is 8.06. The maximum atomic E-state index is 2.50. The Morgan fingerprint density at radius 1 is 0.269 bits per heavy atom. The van der Waals surface area contributed by atoms with E-state index in [1.807, 2.05) is 0 Å². The highest BCUT2D eigenvalue weighted by Gasteiger charge is 2.35. The lowest BCUT2D eigenvalue weighted by atomic mass is 9.80. The van der Waals surface area contributed by atoms with Crippen LogP contribution in [0.25, 0.3) is 121 Å². The van der Waals surface area contributed by atoms with Gasteiger partial charge in [0.25, 0.3) is 0 Å². The van der Waals surface area contributed by atoms with Gasteiger partial charge in [0.2, 0.25) is 0 Å². The summed E-state index contributed by atoms with van der Waals surface area (Å²) in [6, 6.07) is 85.8. The van der Waals surface area contributed by atoms with Gasteiger partial charge in [0.15, 0.2) is 0 Å². The summed E-state index contributed by atoms with van der Waals surface area (Å²) in [5.41, 5.74) is 19.9. The number of hydrogen-bond donors (Lipinski definition) is 0. The Morgan fingerprint density at radius 2 is 0.701 bits per heavy atom. The fourth-order valence-corrected chi connectivity index (χ4v) is 11.8. The van der Waals surface area contributed by atoms with Crippen LogP contribution >= 0.6 is 0 Å². The predicted molar refractivity (Wildman–Crippen MR) is 284 cm³/mol. The van der Waals surface area contributed by atoms with Gasteiger partial charge in [-0.3, -0.25) is 0 Å². The van der Waals surface area contributed by atoms with E-state index in [9.17, 15) is 0 Å². The Balaban J connectivity index is 1.04. The molecule has 13 aromatic rings. The average molecular weight is 853 g/mol. The van der Waals surface area contributed by atoms with Crippen molar-refractivity contribution in [1.82, 2.24) is 9.13 Å². The van der Waals surface area contributed by atoms with E-state index in [-0.39, 0.29) is 5.41 Å². The van der Waals surface area contributed by atoms with Crippen molar-refractivity contribution >= 4 is 65.2 Å². The van der Waals surface area contributed by atoms with Crippen molar-refractivity contribution in [3.8, 4) is 55.9 Å². The molecule has 67 heavy (non-hydrogen) atoms. The van der Waals surface area contributed by atoms with Crippen LogP contribution in [0.2, 0.25) is 0 Å². The summed E-state index contributed by atoms with van der Waals surface area (Å²) in [5.74, 6) is 0. The molecule has 1 aliphatic rings. The van der Waals surface area contributed by atoms with Crippen molar-refractivity contribution < 1.29 is 0 Å². The van der Waals surface area contributed by atoms with E-state index in [2.05, 4.69) is 254 Å². The molecule has 0 saturated carbocycles. The number of benzene rings is 11. The second-order valence-corrected chi connectivity index (χ2v) is 18.8. The number of para-hydroxylation sites is 4. The van der Waals surface area contributed by atoms with Crippen molar-refractivity contribution in [3.05, 3.63) is 242 Å². The van der Waals surface area contributed by atoms with E-state index in [0.717, 1.165) is 0 Å². The third-order valence-corrected chi connectivity index (χ3v) is 14.9. The van der Waals surface area contributed by atoms with Crippen molar-refractivity contribution in [1.29, 1.82) is 0 Å². The fourth-order valence-electron chi connectivity index (χ4n) is 11.8. The average Bonchev–Trinajstić information content (AvgIpc) is 3.98. The van der Waals surface area contributed by atoms with E-state index in [4.69, 9.17) is 0 Å². The zero-order valence-electron chi connectivity index (χ0n) is 37.3. The lowest BCUT2D eigenvalue weighted by molar-refractivity contribution is 0.660. The number of aromatic nitrogens is 2. The zero-order chi connectivity index (χ0) is 44.4. The van der Waals surface area contributed by atoms with Gasteiger partial charge in [-0.05, 0) is 150 Å². The largest absolute Gasteiger partial charge is 0.309 e. The van der Waals surface area contributed by atoms with Crippen LogP contribution in [-0.4, -0.2) is 9.13 Å². The third-order valence-electron chi connectivity index (χ3n) is 14.9. The molecule has 314 valence electrons. The number of nitrogens with zero attached hydrogens (tertiary/aromatic N) is 2. The van der Waals surface area contributed by atoms with Crippen LogP contribution in [0.3, 0.4) is 0 Å². The minimum absolute atomic E-state index is 0.124. The molecule has 0 N–H and O–H groups in total. The first kappa shape index (κ1) is 37.9. The highest BCUT2D eigenvalue weighted by atomic mass is 15.0. The summed E-state index contributed by atoms with van der Waals surface area (Å²) in [4.78, 5) is 0. The first-order valence-corrected chi connectivity index (χ1v) is 23.4. The van der Waals surface area contributed by atoms with E-state index in [1.165, 1.54) is 132 Å². The minimum Gasteiger partial charge on any atom is -0.309 e. The van der Waals surface area contributed by atoms with Gasteiger partial charge in [-0.25, -0.2) is 0 Å². The molecule has 0 bridgehead atoms. The molecule has 0 saturated heterocycles. The molecule has 0 spiro atoms. The highest BCUT2D eigenvalue weighted by molar-refractivity contribution is 6.20. The van der Waals surface area contributed by atoms with Gasteiger partial charge in [-0.15, -0.1) is 0 Å². The monoisotopic (exact) mass is 852 g/mol. The third kappa shape index (κ3) is 5.51. The molecule has 0 atom stereocenters. The fraction of sp³-hybridized carbons (Fsp3) is 0.0462. The van der Waals surface area contributed by atoms with Crippen molar-refractivity contribution in [2.24, 2.45) is 0 Å². The second-order valence-electron chi connectivity index (χ2n) is 18.8. The van der Waals surface area contributed by atoms with Gasteiger partial charge in [0, 0.05) is 38.3 Å². The molecule has 14 rings (SSSR count). The van der Waals surface area contributed by atoms with E-state index in [0.29, 0.717) is 0 Å². The zero-order valence-corrected chi connectivity index (χ0v) is 37.3. The summed E-state index contributed by atoms with van der Waals surface area (Å²) in [7, 11) is 0. The van der Waals surface area contributed by atoms with Gasteiger partial charge in [-0.1, -0.05) is 172 Å². The van der Waals surface area contributed by atoms with Crippen molar-refractivity contribution in [2.45, 2.75) is 19.3 Å². The molecule has 2 aromatic heterocycles. The van der Waals surface area contributed by atoms with Crippen LogP contribution in [-0.2, 0) is 5.41 Å². The van der Waals surface area contributed by atoms with Crippen molar-refractivity contribution in [2.75, 3.05) is 0 Å². The normalized spacial score (nSPS) is 13.0. The highest BCUT2D eigenvalue weighted by Crippen LogP contribution is 2.51. The molecular weight excluding hydrogens is 809 g/mol. The number of rotatable bonds is 5. The maximum absolute atomic E-state index is 2.50. The van der Waals surface area contributed by atoms with E-state index >= 15 is 0 Å². The molecule has 0 unspecified atom stereocenters. The van der Waals surface area contributed by atoms with Gasteiger partial charge in [-0.2, -0.15) is 0 Å². The summed E-state index contributed by atoms with van der Waals surface area (Å²) in [5, 5.41) is 10.00. The molecule has 0 radical (unpaired) electrons. The Hall–Kier alpha value is -8.46. The second kappa shape index (κ2) is 14.3.